The van der Waals surface area contributed by atoms with Crippen molar-refractivity contribution in [2.24, 2.45) is 0 Å². The second-order valence-electron chi connectivity index (χ2n) is 5.00. The molecule has 1 aromatic carbocycles. The Morgan fingerprint density at radius 2 is 2.12 bits per heavy atom. The largest absolute Gasteiger partial charge is 0.325 e. The van der Waals surface area contributed by atoms with Crippen LogP contribution in [0, 0.1) is 6.92 Å². The number of anilines is 1. The van der Waals surface area contributed by atoms with E-state index in [0.29, 0.717) is 15.0 Å². The summed E-state index contributed by atoms with van der Waals surface area (Å²) in [5.41, 5.74) is 1.92. The van der Waals surface area contributed by atoms with Crippen LogP contribution < -0.4 is 10.9 Å². The third-order valence-electron chi connectivity index (χ3n) is 3.33. The molecule has 0 atom stereocenters. The Kier molecular flexibility index (Phi) is 4.91. The number of hydrogen-bond donors (Lipinski definition) is 1. The molecular formula is C15H15N5O2S2. The third-order valence-corrected chi connectivity index (χ3v) is 5.36. The van der Waals surface area contributed by atoms with Crippen LogP contribution in [0.5, 0.6) is 0 Å². The van der Waals surface area contributed by atoms with Gasteiger partial charge in [0.1, 0.15) is 5.69 Å². The van der Waals surface area contributed by atoms with Crippen molar-refractivity contribution in [3.05, 3.63) is 45.9 Å². The standard InChI is InChI=1S/C15H15N5O2S2/c1-3-10-6-4-5-7-11(10)16-12(21)8-23-15-19-20-13(22)9(2)17-18-14(20)24-15/h4-7H,3,8H2,1-2H3,(H,16,21). The van der Waals surface area contributed by atoms with E-state index in [0.717, 1.165) is 17.7 Å². The van der Waals surface area contributed by atoms with Crippen LogP contribution in [0.1, 0.15) is 18.2 Å². The average Bonchev–Trinajstić information content (AvgIpc) is 3.01. The summed E-state index contributed by atoms with van der Waals surface area (Å²) < 4.78 is 1.82. The number of hydrogen-bond acceptors (Lipinski definition) is 7. The lowest BCUT2D eigenvalue weighted by Crippen LogP contribution is -2.19. The predicted molar refractivity (Wildman–Crippen MR) is 94.8 cm³/mol. The Balaban J connectivity index is 1.68. The monoisotopic (exact) mass is 361 g/mol. The molecule has 0 saturated heterocycles. The van der Waals surface area contributed by atoms with Crippen LogP contribution >= 0.6 is 23.1 Å². The fourth-order valence-corrected chi connectivity index (χ4v) is 3.77. The van der Waals surface area contributed by atoms with E-state index in [2.05, 4.69) is 20.6 Å². The van der Waals surface area contributed by atoms with E-state index in [-0.39, 0.29) is 17.2 Å². The third kappa shape index (κ3) is 3.46. The molecule has 0 saturated carbocycles. The van der Waals surface area contributed by atoms with Crippen LogP contribution in [0.15, 0.2) is 33.4 Å². The number of rotatable bonds is 5. The highest BCUT2D eigenvalue weighted by molar-refractivity contribution is 8.01. The molecule has 2 heterocycles. The Labute approximate surface area is 146 Å². The molecule has 9 heteroatoms. The molecule has 0 unspecified atom stereocenters. The van der Waals surface area contributed by atoms with Crippen LogP contribution in [0.25, 0.3) is 4.96 Å². The quantitative estimate of drug-likeness (QED) is 0.701. The normalized spacial score (nSPS) is 10.9. The topological polar surface area (TPSA) is 89.3 Å². The number of carbonyl (C=O) groups excluding carboxylic acids is 1. The lowest BCUT2D eigenvalue weighted by Gasteiger charge is -2.08. The van der Waals surface area contributed by atoms with Gasteiger partial charge in [-0.15, -0.1) is 15.3 Å². The van der Waals surface area contributed by atoms with E-state index >= 15 is 0 Å². The SMILES string of the molecule is CCc1ccccc1NC(=O)CSc1nn2c(=O)c(C)nnc2s1. The summed E-state index contributed by atoms with van der Waals surface area (Å²) in [7, 11) is 0. The molecule has 0 aliphatic rings. The van der Waals surface area contributed by atoms with Crippen molar-refractivity contribution in [1.82, 2.24) is 19.8 Å². The minimum atomic E-state index is -0.288. The molecule has 0 aliphatic carbocycles. The minimum absolute atomic E-state index is 0.116. The fourth-order valence-electron chi connectivity index (χ4n) is 2.10. The summed E-state index contributed by atoms with van der Waals surface area (Å²) >= 11 is 2.51. The highest BCUT2D eigenvalue weighted by Gasteiger charge is 2.12. The molecule has 0 fully saturated rings. The summed E-state index contributed by atoms with van der Waals surface area (Å²) in [5, 5.41) is 14.8. The Bertz CT molecular complexity index is 950. The number of benzene rings is 1. The zero-order chi connectivity index (χ0) is 17.1. The van der Waals surface area contributed by atoms with Crippen molar-refractivity contribution in [2.75, 3.05) is 11.1 Å². The average molecular weight is 361 g/mol. The van der Waals surface area contributed by atoms with Crippen molar-refractivity contribution < 1.29 is 4.79 Å². The predicted octanol–water partition coefficient (Wildman–Crippen LogP) is 2.15. The van der Waals surface area contributed by atoms with E-state index in [9.17, 15) is 9.59 Å². The molecule has 3 rings (SSSR count). The van der Waals surface area contributed by atoms with Gasteiger partial charge in [0, 0.05) is 5.69 Å². The van der Waals surface area contributed by atoms with Crippen molar-refractivity contribution in [2.45, 2.75) is 24.6 Å². The van der Waals surface area contributed by atoms with Gasteiger partial charge in [0.15, 0.2) is 4.34 Å². The van der Waals surface area contributed by atoms with Crippen LogP contribution in [0.4, 0.5) is 5.69 Å². The number of thioether (sulfide) groups is 1. The lowest BCUT2D eigenvalue weighted by molar-refractivity contribution is -0.113. The van der Waals surface area contributed by atoms with Gasteiger partial charge < -0.3 is 5.32 Å². The van der Waals surface area contributed by atoms with Gasteiger partial charge in [0.2, 0.25) is 10.9 Å². The maximum Gasteiger partial charge on any atom is 0.296 e. The van der Waals surface area contributed by atoms with Gasteiger partial charge in [-0.2, -0.15) is 4.52 Å². The Morgan fingerprint density at radius 1 is 1.33 bits per heavy atom. The van der Waals surface area contributed by atoms with Crippen molar-refractivity contribution in [1.29, 1.82) is 0 Å². The van der Waals surface area contributed by atoms with Crippen molar-refractivity contribution in [3.63, 3.8) is 0 Å². The van der Waals surface area contributed by atoms with Crippen molar-refractivity contribution in [3.8, 4) is 0 Å². The molecule has 1 N–H and O–H groups in total. The first-order chi connectivity index (χ1) is 11.6. The van der Waals surface area contributed by atoms with Crippen LogP contribution in [-0.4, -0.2) is 31.5 Å². The lowest BCUT2D eigenvalue weighted by atomic mass is 10.1. The smallest absolute Gasteiger partial charge is 0.296 e. The molecule has 0 spiro atoms. The van der Waals surface area contributed by atoms with E-state index < -0.39 is 0 Å². The number of aromatic nitrogens is 4. The minimum Gasteiger partial charge on any atom is -0.325 e. The van der Waals surface area contributed by atoms with E-state index in [1.54, 1.807) is 6.92 Å². The number of aryl methyl sites for hydroxylation is 2. The maximum atomic E-state index is 12.1. The second kappa shape index (κ2) is 7.10. The van der Waals surface area contributed by atoms with E-state index in [1.165, 1.54) is 27.6 Å². The first-order valence-electron chi connectivity index (χ1n) is 7.32. The number of amides is 1. The van der Waals surface area contributed by atoms with Crippen LogP contribution in [0.3, 0.4) is 0 Å². The molecule has 3 aromatic rings. The number of carbonyl (C=O) groups is 1. The molecule has 124 valence electrons. The van der Waals surface area contributed by atoms with E-state index in [4.69, 9.17) is 0 Å². The van der Waals surface area contributed by atoms with Gasteiger partial charge in [-0.1, -0.05) is 48.2 Å². The maximum absolute atomic E-state index is 12.1. The molecule has 0 bridgehead atoms. The second-order valence-corrected chi connectivity index (χ2v) is 7.18. The van der Waals surface area contributed by atoms with Crippen molar-refractivity contribution >= 4 is 39.7 Å². The number of para-hydroxylation sites is 1. The van der Waals surface area contributed by atoms with Gasteiger partial charge in [-0.05, 0) is 25.0 Å². The van der Waals surface area contributed by atoms with Gasteiger partial charge >= 0.3 is 0 Å². The van der Waals surface area contributed by atoms with Gasteiger partial charge in [-0.25, -0.2) is 0 Å². The Morgan fingerprint density at radius 3 is 2.92 bits per heavy atom. The summed E-state index contributed by atoms with van der Waals surface area (Å²) in [6.45, 7) is 3.63. The number of nitrogens with one attached hydrogen (secondary N) is 1. The highest BCUT2D eigenvalue weighted by Crippen LogP contribution is 2.23. The first-order valence-corrected chi connectivity index (χ1v) is 9.12. The number of nitrogens with zero attached hydrogens (tertiary/aromatic N) is 4. The highest BCUT2D eigenvalue weighted by atomic mass is 32.2. The van der Waals surface area contributed by atoms with Gasteiger partial charge in [0.25, 0.3) is 5.56 Å². The molecule has 7 nitrogen and oxygen atoms in total. The van der Waals surface area contributed by atoms with Crippen LogP contribution in [0.2, 0.25) is 0 Å². The molecule has 24 heavy (non-hydrogen) atoms. The molecule has 0 aliphatic heterocycles. The fraction of sp³-hybridized carbons (Fsp3) is 0.267. The molecule has 0 radical (unpaired) electrons. The number of fused-ring (bicyclic) bond motifs is 1. The first kappa shape index (κ1) is 16.6. The van der Waals surface area contributed by atoms with E-state index in [1.807, 2.05) is 31.2 Å². The van der Waals surface area contributed by atoms with Gasteiger partial charge in [0.05, 0.1) is 5.75 Å². The molecule has 2 aromatic heterocycles. The molecular weight excluding hydrogens is 346 g/mol. The summed E-state index contributed by atoms with van der Waals surface area (Å²) in [5.74, 6) is 0.0914. The summed E-state index contributed by atoms with van der Waals surface area (Å²) in [6, 6.07) is 7.72. The zero-order valence-corrected chi connectivity index (χ0v) is 14.8. The van der Waals surface area contributed by atoms with Gasteiger partial charge in [-0.3, -0.25) is 9.59 Å². The van der Waals surface area contributed by atoms with Crippen LogP contribution in [-0.2, 0) is 11.2 Å². The summed E-state index contributed by atoms with van der Waals surface area (Å²) in [4.78, 5) is 24.5. The molecule has 1 amide bonds. The Hall–Kier alpha value is -2.26. The zero-order valence-electron chi connectivity index (χ0n) is 13.1. The summed E-state index contributed by atoms with van der Waals surface area (Å²) in [6.07, 6.45) is 0.850.